The maximum Gasteiger partial charge on any atom is 0.134 e. The lowest BCUT2D eigenvalue weighted by Crippen LogP contribution is -2.06. The van der Waals surface area contributed by atoms with Gasteiger partial charge in [0.05, 0.1) is 11.7 Å². The van der Waals surface area contributed by atoms with Crippen molar-refractivity contribution in [3.63, 3.8) is 0 Å². The van der Waals surface area contributed by atoms with Gasteiger partial charge >= 0.3 is 0 Å². The van der Waals surface area contributed by atoms with E-state index in [0.29, 0.717) is 17.9 Å². The lowest BCUT2D eigenvalue weighted by molar-refractivity contribution is 0.152. The second-order valence-corrected chi connectivity index (χ2v) is 4.93. The molecule has 0 saturated carbocycles. The number of hydrogen-bond donors (Lipinski definition) is 1. The summed E-state index contributed by atoms with van der Waals surface area (Å²) in [5.74, 6) is -0.749. The molecule has 0 bridgehead atoms. The predicted octanol–water partition coefficient (Wildman–Crippen LogP) is 4.13. The van der Waals surface area contributed by atoms with Gasteiger partial charge in [0.15, 0.2) is 0 Å². The van der Waals surface area contributed by atoms with Crippen LogP contribution in [0.3, 0.4) is 0 Å². The second-order valence-electron chi connectivity index (χ2n) is 4.93. The average Bonchev–Trinajstić information content (AvgIpc) is 2.23. The number of rotatable bonds is 5. The van der Waals surface area contributed by atoms with E-state index < -0.39 is 17.7 Å². The Hall–Kier alpha value is -0.960. The fourth-order valence-electron chi connectivity index (χ4n) is 1.85. The highest BCUT2D eigenvalue weighted by Crippen LogP contribution is 2.27. The minimum atomic E-state index is -1.05. The molecule has 0 aliphatic heterocycles. The molecule has 0 amide bonds. The van der Waals surface area contributed by atoms with Crippen molar-refractivity contribution in [2.24, 2.45) is 5.92 Å². The molecule has 0 spiro atoms. The Morgan fingerprint density at radius 2 is 1.82 bits per heavy atom. The summed E-state index contributed by atoms with van der Waals surface area (Å²) in [7, 11) is 0. The SMILES string of the molecule is Cc1ccc(F)c(C(O)CCCC(C)C)c1F. The van der Waals surface area contributed by atoms with Crippen LogP contribution in [0, 0.1) is 24.5 Å². The van der Waals surface area contributed by atoms with Crippen LogP contribution in [-0.4, -0.2) is 5.11 Å². The van der Waals surface area contributed by atoms with E-state index in [1.54, 1.807) is 6.92 Å². The molecule has 0 aliphatic carbocycles. The van der Waals surface area contributed by atoms with Crippen LogP contribution in [0.25, 0.3) is 0 Å². The summed E-state index contributed by atoms with van der Waals surface area (Å²) in [4.78, 5) is 0. The first kappa shape index (κ1) is 14.1. The zero-order chi connectivity index (χ0) is 13.0. The largest absolute Gasteiger partial charge is 0.388 e. The van der Waals surface area contributed by atoms with Crippen LogP contribution in [0.1, 0.15) is 50.3 Å². The lowest BCUT2D eigenvalue weighted by Gasteiger charge is -2.14. The van der Waals surface area contributed by atoms with E-state index in [1.165, 1.54) is 12.1 Å². The van der Waals surface area contributed by atoms with Crippen molar-refractivity contribution in [3.05, 3.63) is 34.9 Å². The van der Waals surface area contributed by atoms with Gasteiger partial charge in [-0.3, -0.25) is 0 Å². The second kappa shape index (κ2) is 6.10. The molecule has 17 heavy (non-hydrogen) atoms. The zero-order valence-corrected chi connectivity index (χ0v) is 10.6. The van der Waals surface area contributed by atoms with Crippen molar-refractivity contribution >= 4 is 0 Å². The molecule has 96 valence electrons. The van der Waals surface area contributed by atoms with Crippen molar-refractivity contribution in [1.29, 1.82) is 0 Å². The number of benzene rings is 1. The van der Waals surface area contributed by atoms with Gasteiger partial charge in [0.1, 0.15) is 11.6 Å². The number of aliphatic hydroxyl groups is 1. The molecule has 1 nitrogen and oxygen atoms in total. The molecule has 1 N–H and O–H groups in total. The fourth-order valence-corrected chi connectivity index (χ4v) is 1.85. The molecule has 1 aromatic carbocycles. The third-order valence-electron chi connectivity index (χ3n) is 2.91. The maximum atomic E-state index is 13.7. The van der Waals surface area contributed by atoms with Gasteiger partial charge in [0.2, 0.25) is 0 Å². The minimum Gasteiger partial charge on any atom is -0.388 e. The molecular weight excluding hydrogens is 222 g/mol. The van der Waals surface area contributed by atoms with Crippen molar-refractivity contribution in [3.8, 4) is 0 Å². The molecule has 1 atom stereocenters. The van der Waals surface area contributed by atoms with Gasteiger partial charge < -0.3 is 5.11 Å². The zero-order valence-electron chi connectivity index (χ0n) is 10.6. The van der Waals surface area contributed by atoms with E-state index in [0.717, 1.165) is 12.8 Å². The van der Waals surface area contributed by atoms with Crippen LogP contribution in [0.2, 0.25) is 0 Å². The monoisotopic (exact) mass is 242 g/mol. The highest BCUT2D eigenvalue weighted by Gasteiger charge is 2.19. The molecule has 0 radical (unpaired) electrons. The Morgan fingerprint density at radius 1 is 1.18 bits per heavy atom. The van der Waals surface area contributed by atoms with Gasteiger partial charge in [0, 0.05) is 0 Å². The molecule has 0 fully saturated rings. The van der Waals surface area contributed by atoms with Gasteiger partial charge in [-0.2, -0.15) is 0 Å². The molecule has 0 saturated heterocycles. The van der Waals surface area contributed by atoms with E-state index in [4.69, 9.17) is 0 Å². The summed E-state index contributed by atoms with van der Waals surface area (Å²) in [6, 6.07) is 2.59. The quantitative estimate of drug-likeness (QED) is 0.823. The Morgan fingerprint density at radius 3 is 2.41 bits per heavy atom. The first-order chi connectivity index (χ1) is 7.93. The molecular formula is C14H20F2O. The van der Waals surface area contributed by atoms with Crippen molar-refractivity contribution in [2.45, 2.75) is 46.1 Å². The predicted molar refractivity (Wildman–Crippen MR) is 64.7 cm³/mol. The fraction of sp³-hybridized carbons (Fsp3) is 0.571. The normalized spacial score (nSPS) is 13.1. The van der Waals surface area contributed by atoms with E-state index in [1.807, 2.05) is 0 Å². The summed E-state index contributed by atoms with van der Waals surface area (Å²) >= 11 is 0. The first-order valence-corrected chi connectivity index (χ1v) is 6.06. The highest BCUT2D eigenvalue weighted by molar-refractivity contribution is 5.28. The number of aliphatic hydroxyl groups excluding tert-OH is 1. The van der Waals surface area contributed by atoms with Crippen LogP contribution in [0.4, 0.5) is 8.78 Å². The van der Waals surface area contributed by atoms with E-state index in [9.17, 15) is 13.9 Å². The molecule has 0 aliphatic rings. The van der Waals surface area contributed by atoms with Gasteiger partial charge in [-0.25, -0.2) is 8.78 Å². The topological polar surface area (TPSA) is 20.2 Å². The van der Waals surface area contributed by atoms with Gasteiger partial charge in [0.25, 0.3) is 0 Å². The molecule has 1 rings (SSSR count). The van der Waals surface area contributed by atoms with E-state index in [-0.39, 0.29) is 5.56 Å². The number of aryl methyl sites for hydroxylation is 1. The minimum absolute atomic E-state index is 0.186. The summed E-state index contributed by atoms with van der Waals surface area (Å²) in [6.45, 7) is 5.74. The summed E-state index contributed by atoms with van der Waals surface area (Å²) in [5, 5.41) is 9.84. The van der Waals surface area contributed by atoms with Crippen LogP contribution in [0.5, 0.6) is 0 Å². The van der Waals surface area contributed by atoms with Gasteiger partial charge in [-0.05, 0) is 30.9 Å². The Balaban J connectivity index is 2.74. The van der Waals surface area contributed by atoms with Crippen molar-refractivity contribution in [2.75, 3.05) is 0 Å². The van der Waals surface area contributed by atoms with Crippen molar-refractivity contribution in [1.82, 2.24) is 0 Å². The molecule has 0 heterocycles. The average molecular weight is 242 g/mol. The first-order valence-electron chi connectivity index (χ1n) is 6.06. The Labute approximate surface area is 101 Å². The standard InChI is InChI=1S/C14H20F2O/c1-9(2)5-4-6-12(17)13-11(15)8-7-10(3)14(13)16/h7-9,12,17H,4-6H2,1-3H3. The summed E-state index contributed by atoms with van der Waals surface area (Å²) in [5.41, 5.74) is 0.179. The number of hydrogen-bond acceptors (Lipinski definition) is 1. The molecule has 0 aromatic heterocycles. The smallest absolute Gasteiger partial charge is 0.134 e. The van der Waals surface area contributed by atoms with Crippen LogP contribution >= 0.6 is 0 Å². The van der Waals surface area contributed by atoms with Crippen LogP contribution in [-0.2, 0) is 0 Å². The number of halogens is 2. The van der Waals surface area contributed by atoms with Crippen molar-refractivity contribution < 1.29 is 13.9 Å². The summed E-state index contributed by atoms with van der Waals surface area (Å²) in [6.07, 6.45) is 1.07. The molecule has 3 heteroatoms. The van der Waals surface area contributed by atoms with Crippen LogP contribution in [0.15, 0.2) is 12.1 Å². The lowest BCUT2D eigenvalue weighted by atomic mass is 9.98. The third-order valence-corrected chi connectivity index (χ3v) is 2.91. The van der Waals surface area contributed by atoms with Gasteiger partial charge in [-0.1, -0.05) is 32.8 Å². The summed E-state index contributed by atoms with van der Waals surface area (Å²) < 4.78 is 27.2. The van der Waals surface area contributed by atoms with E-state index in [2.05, 4.69) is 13.8 Å². The Kier molecular flexibility index (Phi) is 5.06. The molecule has 1 aromatic rings. The van der Waals surface area contributed by atoms with Gasteiger partial charge in [-0.15, -0.1) is 0 Å². The van der Waals surface area contributed by atoms with Crippen LogP contribution < -0.4 is 0 Å². The third kappa shape index (κ3) is 3.77. The van der Waals surface area contributed by atoms with E-state index >= 15 is 0 Å². The molecule has 1 unspecified atom stereocenters. The Bertz CT molecular complexity index is 375. The highest BCUT2D eigenvalue weighted by atomic mass is 19.1. The maximum absolute atomic E-state index is 13.7.